The fourth-order valence-electron chi connectivity index (χ4n) is 2.10. The molecular weight excluding hydrogens is 232 g/mol. The van der Waals surface area contributed by atoms with Crippen LogP contribution in [0.1, 0.15) is 23.7 Å². The molecule has 1 amide bonds. The Kier molecular flexibility index (Phi) is 3.62. The molecule has 1 saturated heterocycles. The maximum Gasteiger partial charge on any atom is 0.335 e. The van der Waals surface area contributed by atoms with Crippen molar-refractivity contribution in [2.75, 3.05) is 11.9 Å². The van der Waals surface area contributed by atoms with Crippen LogP contribution in [0, 0.1) is 5.92 Å². The predicted molar refractivity (Wildman–Crippen MR) is 67.6 cm³/mol. The summed E-state index contributed by atoms with van der Waals surface area (Å²) >= 11 is 0. The van der Waals surface area contributed by atoms with E-state index in [4.69, 9.17) is 5.11 Å². The minimum absolute atomic E-state index is 0.0666. The van der Waals surface area contributed by atoms with Crippen molar-refractivity contribution in [2.24, 2.45) is 5.92 Å². The summed E-state index contributed by atoms with van der Waals surface area (Å²) in [6.07, 6.45) is 0.996. The molecule has 0 spiro atoms. The average molecular weight is 248 g/mol. The normalized spacial score (nSPS) is 22.7. The van der Waals surface area contributed by atoms with Gasteiger partial charge in [-0.2, -0.15) is 0 Å². The van der Waals surface area contributed by atoms with E-state index in [9.17, 15) is 9.59 Å². The molecule has 1 aromatic rings. The van der Waals surface area contributed by atoms with Gasteiger partial charge in [0.05, 0.1) is 11.6 Å². The number of carbonyl (C=O) groups is 2. The van der Waals surface area contributed by atoms with E-state index in [-0.39, 0.29) is 17.5 Å². The fourth-order valence-corrected chi connectivity index (χ4v) is 2.10. The van der Waals surface area contributed by atoms with Gasteiger partial charge in [-0.1, -0.05) is 6.92 Å². The number of aromatic carboxylic acids is 1. The van der Waals surface area contributed by atoms with Crippen LogP contribution < -0.4 is 10.6 Å². The first-order valence-corrected chi connectivity index (χ1v) is 5.95. The molecule has 3 N–H and O–H groups in total. The van der Waals surface area contributed by atoms with Crippen LogP contribution in [0.4, 0.5) is 5.69 Å². The molecule has 5 heteroatoms. The molecule has 2 unspecified atom stereocenters. The standard InChI is InChI=1S/C13H16N2O3/c1-8-6-7-14-11(8)12(16)15-10-4-2-9(3-5-10)13(17)18/h2-5,8,11,14H,6-7H2,1H3,(H,15,16)(H,17,18). The van der Waals surface area contributed by atoms with E-state index in [1.807, 2.05) is 6.92 Å². The quantitative estimate of drug-likeness (QED) is 0.754. The third-order valence-electron chi connectivity index (χ3n) is 3.21. The average Bonchev–Trinajstić information content (AvgIpc) is 2.76. The van der Waals surface area contributed by atoms with E-state index in [1.165, 1.54) is 12.1 Å². The van der Waals surface area contributed by atoms with E-state index >= 15 is 0 Å². The first kappa shape index (κ1) is 12.6. The number of benzene rings is 1. The lowest BCUT2D eigenvalue weighted by Crippen LogP contribution is -2.39. The number of nitrogens with one attached hydrogen (secondary N) is 2. The fraction of sp³-hybridized carbons (Fsp3) is 0.385. The summed E-state index contributed by atoms with van der Waals surface area (Å²) in [5, 5.41) is 14.7. The van der Waals surface area contributed by atoms with E-state index < -0.39 is 5.97 Å². The van der Waals surface area contributed by atoms with Gasteiger partial charge < -0.3 is 15.7 Å². The van der Waals surface area contributed by atoms with Crippen LogP contribution >= 0.6 is 0 Å². The maximum absolute atomic E-state index is 12.0. The minimum Gasteiger partial charge on any atom is -0.478 e. The Bertz CT molecular complexity index is 456. The molecule has 1 heterocycles. The molecule has 5 nitrogen and oxygen atoms in total. The highest BCUT2D eigenvalue weighted by Gasteiger charge is 2.29. The van der Waals surface area contributed by atoms with Gasteiger partial charge in [0.15, 0.2) is 0 Å². The summed E-state index contributed by atoms with van der Waals surface area (Å²) in [6.45, 7) is 2.90. The zero-order chi connectivity index (χ0) is 13.1. The lowest BCUT2D eigenvalue weighted by molar-refractivity contribution is -0.118. The smallest absolute Gasteiger partial charge is 0.335 e. The summed E-state index contributed by atoms with van der Waals surface area (Å²) in [4.78, 5) is 22.6. The first-order valence-electron chi connectivity index (χ1n) is 5.95. The molecule has 0 radical (unpaired) electrons. The van der Waals surface area contributed by atoms with Crippen LogP contribution in [-0.2, 0) is 4.79 Å². The molecule has 96 valence electrons. The Hall–Kier alpha value is -1.88. The van der Waals surface area contributed by atoms with Crippen molar-refractivity contribution in [3.63, 3.8) is 0 Å². The summed E-state index contributed by atoms with van der Waals surface area (Å²) in [7, 11) is 0. The van der Waals surface area contributed by atoms with Crippen LogP contribution in [0.25, 0.3) is 0 Å². The maximum atomic E-state index is 12.0. The van der Waals surface area contributed by atoms with Gasteiger partial charge in [-0.3, -0.25) is 4.79 Å². The molecule has 18 heavy (non-hydrogen) atoms. The van der Waals surface area contributed by atoms with Crippen molar-refractivity contribution in [3.8, 4) is 0 Å². The molecule has 1 aliphatic heterocycles. The number of hydrogen-bond donors (Lipinski definition) is 3. The van der Waals surface area contributed by atoms with E-state index in [1.54, 1.807) is 12.1 Å². The van der Waals surface area contributed by atoms with Crippen molar-refractivity contribution in [1.82, 2.24) is 5.32 Å². The molecule has 2 rings (SSSR count). The number of carboxylic acids is 1. The van der Waals surface area contributed by atoms with Crippen LogP contribution in [0.5, 0.6) is 0 Å². The molecule has 1 aromatic carbocycles. The van der Waals surface area contributed by atoms with Gasteiger partial charge in [0.2, 0.25) is 5.91 Å². The number of anilines is 1. The van der Waals surface area contributed by atoms with E-state index in [2.05, 4.69) is 10.6 Å². The molecule has 1 aliphatic rings. The number of rotatable bonds is 3. The largest absolute Gasteiger partial charge is 0.478 e. The van der Waals surface area contributed by atoms with Crippen LogP contribution in [0.2, 0.25) is 0 Å². The number of carbonyl (C=O) groups excluding carboxylic acids is 1. The second-order valence-corrected chi connectivity index (χ2v) is 4.57. The van der Waals surface area contributed by atoms with Crippen molar-refractivity contribution < 1.29 is 14.7 Å². The van der Waals surface area contributed by atoms with Gasteiger partial charge >= 0.3 is 5.97 Å². The van der Waals surface area contributed by atoms with Crippen LogP contribution in [0.15, 0.2) is 24.3 Å². The highest BCUT2D eigenvalue weighted by atomic mass is 16.4. The SMILES string of the molecule is CC1CCNC1C(=O)Nc1ccc(C(=O)O)cc1. The zero-order valence-corrected chi connectivity index (χ0v) is 10.1. The summed E-state index contributed by atoms with van der Waals surface area (Å²) in [5.41, 5.74) is 0.825. The molecule has 0 aliphatic carbocycles. The monoisotopic (exact) mass is 248 g/mol. The Morgan fingerprint density at radius 1 is 1.33 bits per heavy atom. The number of hydrogen-bond acceptors (Lipinski definition) is 3. The zero-order valence-electron chi connectivity index (χ0n) is 10.1. The van der Waals surface area contributed by atoms with Gasteiger partial charge in [-0.25, -0.2) is 4.79 Å². The van der Waals surface area contributed by atoms with Crippen LogP contribution in [0.3, 0.4) is 0 Å². The third kappa shape index (κ3) is 2.68. The van der Waals surface area contributed by atoms with Crippen molar-refractivity contribution in [1.29, 1.82) is 0 Å². The highest BCUT2D eigenvalue weighted by Crippen LogP contribution is 2.17. The van der Waals surface area contributed by atoms with E-state index in [0.717, 1.165) is 13.0 Å². The van der Waals surface area contributed by atoms with Crippen molar-refractivity contribution >= 4 is 17.6 Å². The van der Waals surface area contributed by atoms with Gasteiger partial charge in [-0.15, -0.1) is 0 Å². The molecule has 2 atom stereocenters. The number of carboxylic acid groups (broad SMARTS) is 1. The molecule has 0 bridgehead atoms. The van der Waals surface area contributed by atoms with Crippen molar-refractivity contribution in [2.45, 2.75) is 19.4 Å². The van der Waals surface area contributed by atoms with Crippen molar-refractivity contribution in [3.05, 3.63) is 29.8 Å². The molecule has 0 saturated carbocycles. The third-order valence-corrected chi connectivity index (χ3v) is 3.21. The summed E-state index contributed by atoms with van der Waals surface area (Å²) < 4.78 is 0. The summed E-state index contributed by atoms with van der Waals surface area (Å²) in [5.74, 6) is -0.717. The number of amides is 1. The lowest BCUT2D eigenvalue weighted by atomic mass is 10.0. The van der Waals surface area contributed by atoms with Gasteiger partial charge in [-0.05, 0) is 43.1 Å². The topological polar surface area (TPSA) is 78.4 Å². The first-order chi connectivity index (χ1) is 8.58. The highest BCUT2D eigenvalue weighted by molar-refractivity contribution is 5.96. The Morgan fingerprint density at radius 3 is 2.50 bits per heavy atom. The molecular formula is C13H16N2O3. The van der Waals surface area contributed by atoms with Gasteiger partial charge in [0.25, 0.3) is 0 Å². The Labute approximate surface area is 105 Å². The minimum atomic E-state index is -0.973. The molecule has 1 fully saturated rings. The Balaban J connectivity index is 2.00. The van der Waals surface area contributed by atoms with E-state index in [0.29, 0.717) is 11.6 Å². The predicted octanol–water partition coefficient (Wildman–Crippen LogP) is 1.32. The van der Waals surface area contributed by atoms with Gasteiger partial charge in [0.1, 0.15) is 0 Å². The van der Waals surface area contributed by atoms with Gasteiger partial charge in [0, 0.05) is 5.69 Å². The Morgan fingerprint density at radius 2 is 2.00 bits per heavy atom. The van der Waals surface area contributed by atoms with Crippen LogP contribution in [-0.4, -0.2) is 29.6 Å². The second kappa shape index (κ2) is 5.18. The second-order valence-electron chi connectivity index (χ2n) is 4.57. The summed E-state index contributed by atoms with van der Waals surface area (Å²) in [6, 6.07) is 5.98. The lowest BCUT2D eigenvalue weighted by Gasteiger charge is -2.15. The molecule has 0 aromatic heterocycles.